The van der Waals surface area contributed by atoms with E-state index in [0.717, 1.165) is 27.4 Å². The number of carbonyl (C=O) groups excluding carboxylic acids is 1. The van der Waals surface area contributed by atoms with Crippen LogP contribution in [0.25, 0.3) is 21.8 Å². The van der Waals surface area contributed by atoms with Gasteiger partial charge in [0.2, 0.25) is 0 Å². The summed E-state index contributed by atoms with van der Waals surface area (Å²) < 4.78 is 10.5. The number of amides is 1. The van der Waals surface area contributed by atoms with Gasteiger partial charge < -0.3 is 14.8 Å². The smallest absolute Gasteiger partial charge is 0.251 e. The highest BCUT2D eigenvalue weighted by molar-refractivity contribution is 7.13. The molecule has 0 bridgehead atoms. The summed E-state index contributed by atoms with van der Waals surface area (Å²) >= 11 is 1.63. The molecule has 0 spiro atoms. The van der Waals surface area contributed by atoms with E-state index in [-0.39, 0.29) is 5.91 Å². The van der Waals surface area contributed by atoms with E-state index < -0.39 is 0 Å². The summed E-state index contributed by atoms with van der Waals surface area (Å²) in [6.07, 6.45) is 0. The first-order chi connectivity index (χ1) is 15.6. The Hall–Kier alpha value is -3.64. The molecule has 4 rings (SSSR count). The first-order valence-corrected chi connectivity index (χ1v) is 11.1. The zero-order chi connectivity index (χ0) is 22.5. The van der Waals surface area contributed by atoms with Crippen LogP contribution in [0, 0.1) is 6.92 Å². The second-order valence-corrected chi connectivity index (χ2v) is 8.24. The van der Waals surface area contributed by atoms with E-state index in [4.69, 9.17) is 14.5 Å². The van der Waals surface area contributed by atoms with Crippen LogP contribution < -0.4 is 14.8 Å². The Balaban J connectivity index is 1.41. The normalized spacial score (nSPS) is 10.6. The van der Waals surface area contributed by atoms with Crippen LogP contribution in [-0.2, 0) is 6.54 Å². The van der Waals surface area contributed by atoms with E-state index in [9.17, 15) is 4.79 Å². The van der Waals surface area contributed by atoms with Gasteiger partial charge in [0.05, 0.1) is 19.9 Å². The lowest BCUT2D eigenvalue weighted by Crippen LogP contribution is -2.22. The summed E-state index contributed by atoms with van der Waals surface area (Å²) in [6.45, 7) is 2.50. The van der Waals surface area contributed by atoms with Gasteiger partial charge in [0.25, 0.3) is 5.91 Å². The topological polar surface area (TPSA) is 60.5 Å². The van der Waals surface area contributed by atoms with Gasteiger partial charge >= 0.3 is 0 Å². The van der Waals surface area contributed by atoms with E-state index in [0.29, 0.717) is 23.6 Å². The fourth-order valence-electron chi connectivity index (χ4n) is 3.25. The van der Waals surface area contributed by atoms with Crippen LogP contribution in [0.15, 0.2) is 72.1 Å². The Labute approximate surface area is 191 Å². The summed E-state index contributed by atoms with van der Waals surface area (Å²) in [5, 5.41) is 6.00. The molecule has 32 heavy (non-hydrogen) atoms. The molecule has 3 aromatic carbocycles. The molecule has 0 fully saturated rings. The largest absolute Gasteiger partial charge is 0.497 e. The number of thiazole rings is 1. The Morgan fingerprint density at radius 2 is 1.53 bits per heavy atom. The molecule has 162 valence electrons. The molecule has 0 saturated heterocycles. The molecule has 0 radical (unpaired) electrons. The number of ether oxygens (including phenoxy) is 2. The van der Waals surface area contributed by atoms with Crippen LogP contribution in [0.4, 0.5) is 0 Å². The molecule has 0 unspecified atom stereocenters. The molecular formula is C26H24N2O3S. The third kappa shape index (κ3) is 4.98. The predicted octanol–water partition coefficient (Wildman–Crippen LogP) is 5.73. The number of methoxy groups -OCH3 is 2. The van der Waals surface area contributed by atoms with Crippen LogP contribution in [-0.4, -0.2) is 25.1 Å². The molecule has 0 aliphatic rings. The summed E-state index contributed by atoms with van der Waals surface area (Å²) in [5.74, 6) is 0.966. The van der Waals surface area contributed by atoms with E-state index in [1.165, 1.54) is 5.56 Å². The minimum atomic E-state index is -0.186. The average molecular weight is 445 g/mol. The number of nitrogens with zero attached hydrogens (tertiary/aromatic N) is 1. The van der Waals surface area contributed by atoms with Gasteiger partial charge in [-0.15, -0.1) is 11.3 Å². The maximum Gasteiger partial charge on any atom is 0.251 e. The molecule has 0 atom stereocenters. The van der Waals surface area contributed by atoms with Crippen molar-refractivity contribution in [1.29, 1.82) is 0 Å². The van der Waals surface area contributed by atoms with E-state index in [1.807, 2.05) is 24.3 Å². The summed E-state index contributed by atoms with van der Waals surface area (Å²) in [5.41, 5.74) is 5.89. The van der Waals surface area contributed by atoms with Crippen molar-refractivity contribution in [2.24, 2.45) is 0 Å². The molecule has 0 saturated carbocycles. The van der Waals surface area contributed by atoms with E-state index in [2.05, 4.69) is 41.9 Å². The highest BCUT2D eigenvalue weighted by Gasteiger charge is 2.11. The molecule has 1 heterocycles. The zero-order valence-corrected chi connectivity index (χ0v) is 19.0. The van der Waals surface area contributed by atoms with Gasteiger partial charge in [-0.05, 0) is 24.6 Å². The number of rotatable bonds is 7. The number of carbonyl (C=O) groups is 1. The lowest BCUT2D eigenvalue weighted by atomic mass is 10.1. The highest BCUT2D eigenvalue weighted by Crippen LogP contribution is 2.29. The molecular weight excluding hydrogens is 420 g/mol. The average Bonchev–Trinajstić information content (AvgIpc) is 3.33. The van der Waals surface area contributed by atoms with Gasteiger partial charge in [0.15, 0.2) is 0 Å². The third-order valence-corrected chi connectivity index (χ3v) is 6.01. The second-order valence-electron chi connectivity index (χ2n) is 7.38. The first-order valence-electron chi connectivity index (χ1n) is 10.2. The Kier molecular flexibility index (Phi) is 6.52. The Morgan fingerprint density at radius 1 is 0.906 bits per heavy atom. The van der Waals surface area contributed by atoms with Crippen molar-refractivity contribution in [2.75, 3.05) is 14.2 Å². The molecule has 5 nitrogen and oxygen atoms in total. The number of aryl methyl sites for hydroxylation is 1. The van der Waals surface area contributed by atoms with Crippen molar-refractivity contribution < 1.29 is 14.3 Å². The SMILES string of the molecule is COc1cc(OC)cc(C(=O)NCc2ccc(-c3nc(-c4ccc(C)cc4)cs3)cc2)c1. The third-order valence-electron chi connectivity index (χ3n) is 5.12. The fraction of sp³-hybridized carbons (Fsp3) is 0.154. The molecule has 0 aliphatic carbocycles. The van der Waals surface area contributed by atoms with Gasteiger partial charge in [-0.2, -0.15) is 0 Å². The molecule has 0 aliphatic heterocycles. The molecule has 1 aromatic heterocycles. The quantitative estimate of drug-likeness (QED) is 0.395. The lowest BCUT2D eigenvalue weighted by molar-refractivity contribution is 0.0950. The van der Waals surface area contributed by atoms with Gasteiger partial charge in [0.1, 0.15) is 16.5 Å². The molecule has 1 N–H and O–H groups in total. The second kappa shape index (κ2) is 9.66. The monoisotopic (exact) mass is 444 g/mol. The summed E-state index contributed by atoms with van der Waals surface area (Å²) in [7, 11) is 3.12. The number of benzene rings is 3. The maximum atomic E-state index is 12.6. The van der Waals surface area contributed by atoms with E-state index >= 15 is 0 Å². The predicted molar refractivity (Wildman–Crippen MR) is 128 cm³/mol. The Bertz CT molecular complexity index is 1190. The van der Waals surface area contributed by atoms with Crippen LogP contribution in [0.3, 0.4) is 0 Å². The van der Waals surface area contributed by atoms with Crippen LogP contribution in [0.1, 0.15) is 21.5 Å². The minimum absolute atomic E-state index is 0.186. The van der Waals surface area contributed by atoms with Crippen LogP contribution in [0.2, 0.25) is 0 Å². The van der Waals surface area contributed by atoms with Crippen molar-refractivity contribution in [3.8, 4) is 33.3 Å². The van der Waals surface area contributed by atoms with Gasteiger partial charge in [-0.1, -0.05) is 54.1 Å². The van der Waals surface area contributed by atoms with Crippen molar-refractivity contribution in [2.45, 2.75) is 13.5 Å². The summed E-state index contributed by atoms with van der Waals surface area (Å²) in [4.78, 5) is 17.4. The van der Waals surface area contributed by atoms with Crippen molar-refractivity contribution in [1.82, 2.24) is 10.3 Å². The number of aromatic nitrogens is 1. The van der Waals surface area contributed by atoms with Crippen molar-refractivity contribution in [3.05, 3.63) is 88.8 Å². The first kappa shape index (κ1) is 21.6. The standard InChI is InChI=1S/C26H24N2O3S/c1-17-4-8-19(9-5-17)24-16-32-26(28-24)20-10-6-18(7-11-20)15-27-25(29)21-12-22(30-2)14-23(13-21)31-3/h4-14,16H,15H2,1-3H3,(H,27,29). The van der Waals surface area contributed by atoms with Gasteiger partial charge in [0, 0.05) is 34.7 Å². The van der Waals surface area contributed by atoms with Crippen LogP contribution in [0.5, 0.6) is 11.5 Å². The Morgan fingerprint density at radius 3 is 2.16 bits per heavy atom. The van der Waals surface area contributed by atoms with E-state index in [1.54, 1.807) is 43.8 Å². The van der Waals surface area contributed by atoms with Crippen molar-refractivity contribution in [3.63, 3.8) is 0 Å². The van der Waals surface area contributed by atoms with Gasteiger partial charge in [-0.25, -0.2) is 4.98 Å². The zero-order valence-electron chi connectivity index (χ0n) is 18.2. The number of nitrogens with one attached hydrogen (secondary N) is 1. The van der Waals surface area contributed by atoms with Gasteiger partial charge in [-0.3, -0.25) is 4.79 Å². The fourth-order valence-corrected chi connectivity index (χ4v) is 4.09. The summed E-state index contributed by atoms with van der Waals surface area (Å²) in [6, 6.07) is 21.6. The van der Waals surface area contributed by atoms with Crippen molar-refractivity contribution >= 4 is 17.2 Å². The number of hydrogen-bond acceptors (Lipinski definition) is 5. The molecule has 1 amide bonds. The maximum absolute atomic E-state index is 12.6. The molecule has 4 aromatic rings. The number of hydrogen-bond donors (Lipinski definition) is 1. The molecule has 6 heteroatoms. The highest BCUT2D eigenvalue weighted by atomic mass is 32.1. The van der Waals surface area contributed by atoms with Crippen LogP contribution >= 0.6 is 11.3 Å². The minimum Gasteiger partial charge on any atom is -0.497 e. The lowest BCUT2D eigenvalue weighted by Gasteiger charge is -2.09.